The first-order valence-electron chi connectivity index (χ1n) is 6.93. The molecule has 0 aliphatic carbocycles. The van der Waals surface area contributed by atoms with Gasteiger partial charge in [-0.1, -0.05) is 11.6 Å². The largest absolute Gasteiger partial charge is 0.291 e. The Morgan fingerprint density at radius 2 is 1.78 bits per heavy atom. The summed E-state index contributed by atoms with van der Waals surface area (Å²) in [6.45, 7) is 0. The van der Waals surface area contributed by atoms with Crippen molar-refractivity contribution in [3.63, 3.8) is 0 Å². The van der Waals surface area contributed by atoms with Crippen LogP contribution in [0.2, 0.25) is 5.15 Å². The molecular weight excluding hydrogens is 315 g/mol. The highest BCUT2D eigenvalue weighted by atomic mass is 35.5. The molecule has 0 saturated heterocycles. The number of hydrogen-bond acceptors (Lipinski definition) is 3. The molecule has 0 fully saturated rings. The molecular formula is C17H10ClFN4. The van der Waals surface area contributed by atoms with E-state index >= 15 is 0 Å². The standard InChI is InChI=1S/C17H10ClFN4/c18-16-6-1-11(9-21-16)17-22-14-7-8-20-10-15(14)23(17)13-4-2-12(19)3-5-13/h1-10H. The zero-order valence-corrected chi connectivity index (χ0v) is 12.6. The van der Waals surface area contributed by atoms with Gasteiger partial charge in [0.05, 0.1) is 17.2 Å². The summed E-state index contributed by atoms with van der Waals surface area (Å²) in [6, 6.07) is 11.6. The van der Waals surface area contributed by atoms with E-state index in [-0.39, 0.29) is 5.82 Å². The topological polar surface area (TPSA) is 43.6 Å². The van der Waals surface area contributed by atoms with Crippen molar-refractivity contribution >= 4 is 22.6 Å². The lowest BCUT2D eigenvalue weighted by Gasteiger charge is -2.09. The minimum Gasteiger partial charge on any atom is -0.291 e. The van der Waals surface area contributed by atoms with Gasteiger partial charge in [-0.2, -0.15) is 0 Å². The lowest BCUT2D eigenvalue weighted by atomic mass is 10.2. The van der Waals surface area contributed by atoms with Gasteiger partial charge in [-0.15, -0.1) is 0 Å². The summed E-state index contributed by atoms with van der Waals surface area (Å²) >= 11 is 5.86. The smallest absolute Gasteiger partial charge is 0.147 e. The fourth-order valence-corrected chi connectivity index (χ4v) is 2.59. The van der Waals surface area contributed by atoms with Gasteiger partial charge in [0.1, 0.15) is 16.8 Å². The first-order chi connectivity index (χ1) is 11.2. The van der Waals surface area contributed by atoms with E-state index in [9.17, 15) is 4.39 Å². The van der Waals surface area contributed by atoms with Crippen LogP contribution in [0.1, 0.15) is 0 Å². The van der Waals surface area contributed by atoms with Crippen molar-refractivity contribution < 1.29 is 4.39 Å². The number of nitrogens with zero attached hydrogens (tertiary/aromatic N) is 4. The molecule has 0 bridgehead atoms. The molecule has 0 spiro atoms. The van der Waals surface area contributed by atoms with Gasteiger partial charge in [-0.25, -0.2) is 14.4 Å². The second-order valence-electron chi connectivity index (χ2n) is 4.98. The second kappa shape index (κ2) is 5.44. The van der Waals surface area contributed by atoms with E-state index in [0.29, 0.717) is 11.0 Å². The molecule has 0 aliphatic rings. The Morgan fingerprint density at radius 1 is 0.957 bits per heavy atom. The van der Waals surface area contributed by atoms with Crippen LogP contribution in [0.3, 0.4) is 0 Å². The van der Waals surface area contributed by atoms with Crippen LogP contribution in [0.25, 0.3) is 28.1 Å². The monoisotopic (exact) mass is 324 g/mol. The van der Waals surface area contributed by atoms with Crippen LogP contribution in [-0.4, -0.2) is 19.5 Å². The molecule has 3 aromatic heterocycles. The van der Waals surface area contributed by atoms with Gasteiger partial charge in [0.15, 0.2) is 0 Å². The van der Waals surface area contributed by atoms with E-state index in [1.807, 2.05) is 16.7 Å². The van der Waals surface area contributed by atoms with Crippen LogP contribution in [-0.2, 0) is 0 Å². The number of pyridine rings is 2. The third kappa shape index (κ3) is 2.45. The zero-order chi connectivity index (χ0) is 15.8. The van der Waals surface area contributed by atoms with Crippen molar-refractivity contribution in [3.8, 4) is 17.1 Å². The summed E-state index contributed by atoms with van der Waals surface area (Å²) in [4.78, 5) is 12.9. The Labute approximate surface area is 136 Å². The van der Waals surface area contributed by atoms with Crippen molar-refractivity contribution in [1.29, 1.82) is 0 Å². The molecule has 112 valence electrons. The van der Waals surface area contributed by atoms with Crippen LogP contribution < -0.4 is 0 Å². The third-order valence-electron chi connectivity index (χ3n) is 3.53. The lowest BCUT2D eigenvalue weighted by molar-refractivity contribution is 0.627. The molecule has 4 aromatic rings. The van der Waals surface area contributed by atoms with Crippen LogP contribution in [0.15, 0.2) is 61.1 Å². The molecule has 0 saturated carbocycles. The molecule has 0 atom stereocenters. The van der Waals surface area contributed by atoms with E-state index in [1.54, 1.807) is 36.8 Å². The molecule has 1 aromatic carbocycles. The van der Waals surface area contributed by atoms with Crippen molar-refractivity contribution in [1.82, 2.24) is 19.5 Å². The normalized spacial score (nSPS) is 11.0. The predicted octanol–water partition coefficient (Wildman–Crippen LogP) is 4.28. The van der Waals surface area contributed by atoms with Crippen molar-refractivity contribution in [2.75, 3.05) is 0 Å². The highest BCUT2D eigenvalue weighted by Gasteiger charge is 2.14. The lowest BCUT2D eigenvalue weighted by Crippen LogP contribution is -1.98. The minimum absolute atomic E-state index is 0.286. The first-order valence-corrected chi connectivity index (χ1v) is 7.30. The number of hydrogen-bond donors (Lipinski definition) is 0. The Kier molecular flexibility index (Phi) is 3.28. The fraction of sp³-hybridized carbons (Fsp3) is 0. The predicted molar refractivity (Wildman–Crippen MR) is 87.1 cm³/mol. The van der Waals surface area contributed by atoms with Crippen LogP contribution >= 0.6 is 11.6 Å². The number of halogens is 2. The van der Waals surface area contributed by atoms with Gasteiger partial charge in [-0.05, 0) is 42.5 Å². The molecule has 0 unspecified atom stereocenters. The van der Waals surface area contributed by atoms with Crippen LogP contribution in [0.4, 0.5) is 4.39 Å². The van der Waals surface area contributed by atoms with Gasteiger partial charge >= 0.3 is 0 Å². The average molecular weight is 325 g/mol. The van der Waals surface area contributed by atoms with E-state index in [2.05, 4.69) is 15.0 Å². The summed E-state index contributed by atoms with van der Waals surface area (Å²) in [5, 5.41) is 0.417. The quantitative estimate of drug-likeness (QED) is 0.517. The molecule has 4 rings (SSSR count). The number of aromatic nitrogens is 4. The van der Waals surface area contributed by atoms with Gasteiger partial charge in [-0.3, -0.25) is 9.55 Å². The highest BCUT2D eigenvalue weighted by Crippen LogP contribution is 2.28. The minimum atomic E-state index is -0.286. The summed E-state index contributed by atoms with van der Waals surface area (Å²) in [5.41, 5.74) is 3.25. The molecule has 4 nitrogen and oxygen atoms in total. The molecule has 3 heterocycles. The van der Waals surface area contributed by atoms with Crippen molar-refractivity contribution in [2.45, 2.75) is 0 Å². The van der Waals surface area contributed by atoms with E-state index in [0.717, 1.165) is 22.3 Å². The number of benzene rings is 1. The number of fused-ring (bicyclic) bond motifs is 1. The van der Waals surface area contributed by atoms with E-state index in [4.69, 9.17) is 11.6 Å². The zero-order valence-electron chi connectivity index (χ0n) is 11.8. The third-order valence-corrected chi connectivity index (χ3v) is 3.75. The molecule has 0 amide bonds. The molecule has 6 heteroatoms. The maximum Gasteiger partial charge on any atom is 0.147 e. The average Bonchev–Trinajstić information content (AvgIpc) is 2.96. The van der Waals surface area contributed by atoms with Crippen molar-refractivity contribution in [3.05, 3.63) is 72.0 Å². The number of rotatable bonds is 2. The molecule has 0 aliphatic heterocycles. The Morgan fingerprint density at radius 3 is 2.52 bits per heavy atom. The summed E-state index contributed by atoms with van der Waals surface area (Å²) in [5.74, 6) is 0.412. The molecule has 0 radical (unpaired) electrons. The summed E-state index contributed by atoms with van der Waals surface area (Å²) < 4.78 is 15.2. The highest BCUT2D eigenvalue weighted by molar-refractivity contribution is 6.29. The van der Waals surface area contributed by atoms with Gasteiger partial charge in [0.2, 0.25) is 0 Å². The molecule has 23 heavy (non-hydrogen) atoms. The Hall–Kier alpha value is -2.79. The van der Waals surface area contributed by atoms with E-state index in [1.165, 1.54) is 12.1 Å². The maximum absolute atomic E-state index is 13.2. The van der Waals surface area contributed by atoms with Crippen LogP contribution in [0, 0.1) is 5.82 Å². The first kappa shape index (κ1) is 13.8. The second-order valence-corrected chi connectivity index (χ2v) is 5.37. The van der Waals surface area contributed by atoms with Crippen molar-refractivity contribution in [2.24, 2.45) is 0 Å². The summed E-state index contributed by atoms with van der Waals surface area (Å²) in [7, 11) is 0. The van der Waals surface area contributed by atoms with E-state index < -0.39 is 0 Å². The maximum atomic E-state index is 13.2. The summed E-state index contributed by atoms with van der Waals surface area (Å²) in [6.07, 6.45) is 5.09. The van der Waals surface area contributed by atoms with Gasteiger partial charge < -0.3 is 0 Å². The van der Waals surface area contributed by atoms with Gasteiger partial charge in [0.25, 0.3) is 0 Å². The Bertz CT molecular complexity index is 978. The SMILES string of the molecule is Fc1ccc(-n2c(-c3ccc(Cl)nc3)nc3ccncc32)cc1. The molecule has 0 N–H and O–H groups in total. The van der Waals surface area contributed by atoms with Gasteiger partial charge in [0, 0.05) is 23.6 Å². The number of imidazole rings is 1. The Balaban J connectivity index is 2.01. The van der Waals surface area contributed by atoms with Crippen LogP contribution in [0.5, 0.6) is 0 Å². The fourth-order valence-electron chi connectivity index (χ4n) is 2.48.